The summed E-state index contributed by atoms with van der Waals surface area (Å²) in [6.45, 7) is 10.9. The molecular formula is C16H31N. The van der Waals surface area contributed by atoms with Gasteiger partial charge in [-0.2, -0.15) is 0 Å². The van der Waals surface area contributed by atoms with Crippen molar-refractivity contribution in [2.24, 2.45) is 11.8 Å². The first-order chi connectivity index (χ1) is 8.04. The predicted molar refractivity (Wildman–Crippen MR) is 75.2 cm³/mol. The van der Waals surface area contributed by atoms with Crippen LogP contribution in [0.4, 0.5) is 0 Å². The topological polar surface area (TPSA) is 3.24 Å². The van der Waals surface area contributed by atoms with Gasteiger partial charge in [-0.05, 0) is 58.4 Å². The van der Waals surface area contributed by atoms with Crippen LogP contribution in [-0.2, 0) is 0 Å². The van der Waals surface area contributed by atoms with Crippen LogP contribution in [0.1, 0.15) is 72.6 Å². The molecule has 1 saturated heterocycles. The van der Waals surface area contributed by atoms with Gasteiger partial charge in [0.15, 0.2) is 0 Å². The fourth-order valence-electron chi connectivity index (χ4n) is 4.32. The molecule has 3 atom stereocenters. The number of hydrogen-bond acceptors (Lipinski definition) is 1. The molecule has 0 amide bonds. The maximum Gasteiger partial charge on any atom is 0.0132 e. The van der Waals surface area contributed by atoms with Gasteiger partial charge in [-0.25, -0.2) is 0 Å². The normalized spacial score (nSPS) is 36.4. The quantitative estimate of drug-likeness (QED) is 0.685. The van der Waals surface area contributed by atoms with Gasteiger partial charge in [0.2, 0.25) is 0 Å². The van der Waals surface area contributed by atoms with E-state index in [1.54, 1.807) is 0 Å². The van der Waals surface area contributed by atoms with E-state index in [-0.39, 0.29) is 0 Å². The van der Waals surface area contributed by atoms with Gasteiger partial charge in [-0.15, -0.1) is 0 Å². The van der Waals surface area contributed by atoms with Crippen LogP contribution < -0.4 is 0 Å². The maximum atomic E-state index is 2.81. The van der Waals surface area contributed by atoms with E-state index in [1.807, 2.05) is 0 Å². The molecule has 100 valence electrons. The Bertz CT molecular complexity index is 240. The first kappa shape index (κ1) is 13.4. The fourth-order valence-corrected chi connectivity index (χ4v) is 4.32. The zero-order chi connectivity index (χ0) is 12.5. The molecule has 0 N–H and O–H groups in total. The SMILES string of the molecule is CCC1CCCCC1C1CCCN1C(C)(C)C. The van der Waals surface area contributed by atoms with E-state index in [0.717, 1.165) is 17.9 Å². The van der Waals surface area contributed by atoms with E-state index in [1.165, 1.54) is 51.5 Å². The number of likely N-dealkylation sites (tertiary alicyclic amines) is 1. The minimum absolute atomic E-state index is 0.372. The lowest BCUT2D eigenvalue weighted by Gasteiger charge is -2.44. The molecule has 17 heavy (non-hydrogen) atoms. The lowest BCUT2D eigenvalue weighted by Crippen LogP contribution is -2.49. The monoisotopic (exact) mass is 237 g/mol. The van der Waals surface area contributed by atoms with Crippen molar-refractivity contribution in [3.63, 3.8) is 0 Å². The lowest BCUT2D eigenvalue weighted by atomic mass is 9.73. The number of rotatable bonds is 2. The number of hydrogen-bond donors (Lipinski definition) is 0. The highest BCUT2D eigenvalue weighted by molar-refractivity contribution is 4.94. The first-order valence-corrected chi connectivity index (χ1v) is 7.80. The third kappa shape index (κ3) is 2.86. The van der Waals surface area contributed by atoms with E-state index in [9.17, 15) is 0 Å². The third-order valence-electron chi connectivity index (χ3n) is 5.15. The van der Waals surface area contributed by atoms with Crippen molar-refractivity contribution in [1.82, 2.24) is 4.90 Å². The maximum absolute atomic E-state index is 2.81. The second kappa shape index (κ2) is 5.30. The molecule has 1 saturated carbocycles. The lowest BCUT2D eigenvalue weighted by molar-refractivity contribution is 0.0463. The summed E-state index contributed by atoms with van der Waals surface area (Å²) < 4.78 is 0. The number of nitrogens with zero attached hydrogens (tertiary/aromatic N) is 1. The van der Waals surface area contributed by atoms with E-state index < -0.39 is 0 Å². The zero-order valence-electron chi connectivity index (χ0n) is 12.3. The van der Waals surface area contributed by atoms with Crippen molar-refractivity contribution in [2.45, 2.75) is 84.2 Å². The predicted octanol–water partition coefficient (Wildman–Crippen LogP) is 4.47. The molecule has 1 aliphatic carbocycles. The molecular weight excluding hydrogens is 206 g/mol. The average Bonchev–Trinajstić information content (AvgIpc) is 2.77. The standard InChI is InChI=1S/C16H31N/c1-5-13-9-6-7-10-14(13)15-11-8-12-17(15)16(2,3)4/h13-15H,5-12H2,1-4H3. The summed E-state index contributed by atoms with van der Waals surface area (Å²) in [6, 6.07) is 0.889. The Balaban J connectivity index is 2.08. The van der Waals surface area contributed by atoms with E-state index >= 15 is 0 Å². The Morgan fingerprint density at radius 2 is 1.71 bits per heavy atom. The van der Waals surface area contributed by atoms with E-state index in [0.29, 0.717) is 5.54 Å². The molecule has 1 aliphatic heterocycles. The van der Waals surface area contributed by atoms with Crippen LogP contribution in [0.3, 0.4) is 0 Å². The minimum atomic E-state index is 0.372. The molecule has 0 aromatic heterocycles. The van der Waals surface area contributed by atoms with Crippen molar-refractivity contribution in [2.75, 3.05) is 6.54 Å². The van der Waals surface area contributed by atoms with Gasteiger partial charge in [0.25, 0.3) is 0 Å². The summed E-state index contributed by atoms with van der Waals surface area (Å²) in [5, 5.41) is 0. The summed E-state index contributed by atoms with van der Waals surface area (Å²) in [5.74, 6) is 2.01. The summed E-state index contributed by atoms with van der Waals surface area (Å²) >= 11 is 0. The zero-order valence-corrected chi connectivity index (χ0v) is 12.3. The molecule has 2 aliphatic rings. The Morgan fingerprint density at radius 1 is 1.00 bits per heavy atom. The second-order valence-electron chi connectivity index (χ2n) is 7.19. The highest BCUT2D eigenvalue weighted by atomic mass is 15.2. The largest absolute Gasteiger partial charge is 0.295 e. The van der Waals surface area contributed by atoms with Crippen molar-refractivity contribution >= 4 is 0 Å². The van der Waals surface area contributed by atoms with Crippen LogP contribution in [-0.4, -0.2) is 23.0 Å². The highest BCUT2D eigenvalue weighted by Crippen LogP contribution is 2.41. The Morgan fingerprint density at radius 3 is 2.35 bits per heavy atom. The van der Waals surface area contributed by atoms with Gasteiger partial charge in [0.1, 0.15) is 0 Å². The molecule has 3 unspecified atom stereocenters. The molecule has 0 radical (unpaired) electrons. The fraction of sp³-hybridized carbons (Fsp3) is 1.00. The van der Waals surface area contributed by atoms with Gasteiger partial charge < -0.3 is 0 Å². The Hall–Kier alpha value is -0.0400. The van der Waals surface area contributed by atoms with Crippen molar-refractivity contribution in [3.05, 3.63) is 0 Å². The van der Waals surface area contributed by atoms with Gasteiger partial charge in [-0.3, -0.25) is 4.90 Å². The molecule has 0 aromatic rings. The molecule has 1 heterocycles. The van der Waals surface area contributed by atoms with Gasteiger partial charge in [0, 0.05) is 11.6 Å². The first-order valence-electron chi connectivity index (χ1n) is 7.80. The van der Waals surface area contributed by atoms with Crippen molar-refractivity contribution in [3.8, 4) is 0 Å². The van der Waals surface area contributed by atoms with Crippen molar-refractivity contribution < 1.29 is 0 Å². The van der Waals surface area contributed by atoms with Gasteiger partial charge >= 0.3 is 0 Å². The van der Waals surface area contributed by atoms with Crippen LogP contribution in [0.15, 0.2) is 0 Å². The molecule has 2 fully saturated rings. The van der Waals surface area contributed by atoms with Crippen LogP contribution in [0.2, 0.25) is 0 Å². The van der Waals surface area contributed by atoms with Crippen LogP contribution in [0.25, 0.3) is 0 Å². The molecule has 2 rings (SSSR count). The minimum Gasteiger partial charge on any atom is -0.295 e. The highest BCUT2D eigenvalue weighted by Gasteiger charge is 2.40. The molecule has 0 spiro atoms. The van der Waals surface area contributed by atoms with E-state index in [4.69, 9.17) is 0 Å². The van der Waals surface area contributed by atoms with E-state index in [2.05, 4.69) is 32.6 Å². The second-order valence-corrected chi connectivity index (χ2v) is 7.19. The van der Waals surface area contributed by atoms with Gasteiger partial charge in [0.05, 0.1) is 0 Å². The summed E-state index contributed by atoms with van der Waals surface area (Å²) in [5.41, 5.74) is 0.372. The molecule has 0 aromatic carbocycles. The third-order valence-corrected chi connectivity index (χ3v) is 5.15. The van der Waals surface area contributed by atoms with Crippen LogP contribution >= 0.6 is 0 Å². The van der Waals surface area contributed by atoms with Crippen LogP contribution in [0, 0.1) is 11.8 Å². The summed E-state index contributed by atoms with van der Waals surface area (Å²) in [7, 11) is 0. The molecule has 1 heteroatoms. The van der Waals surface area contributed by atoms with Crippen molar-refractivity contribution in [1.29, 1.82) is 0 Å². The summed E-state index contributed by atoms with van der Waals surface area (Å²) in [6.07, 6.45) is 10.2. The summed E-state index contributed by atoms with van der Waals surface area (Å²) in [4.78, 5) is 2.81. The Labute approximate surface area is 108 Å². The smallest absolute Gasteiger partial charge is 0.0132 e. The molecule has 0 bridgehead atoms. The van der Waals surface area contributed by atoms with Crippen LogP contribution in [0.5, 0.6) is 0 Å². The average molecular weight is 237 g/mol. The Kier molecular flexibility index (Phi) is 4.18. The van der Waals surface area contributed by atoms with Gasteiger partial charge in [-0.1, -0.05) is 32.6 Å². The molecule has 1 nitrogen and oxygen atoms in total.